The second kappa shape index (κ2) is 8.38. The highest BCUT2D eigenvalue weighted by atomic mass is 19.4. The summed E-state index contributed by atoms with van der Waals surface area (Å²) in [6.07, 6.45) is -3.73. The Balaban J connectivity index is 1.77. The summed E-state index contributed by atoms with van der Waals surface area (Å²) < 4.78 is 49.1. The summed E-state index contributed by atoms with van der Waals surface area (Å²) in [5.74, 6) is -0.0978. The second-order valence-corrected chi connectivity index (χ2v) is 6.35. The Hall–Kier alpha value is -3.29. The lowest BCUT2D eigenvalue weighted by Gasteiger charge is -2.11. The van der Waals surface area contributed by atoms with E-state index in [1.807, 2.05) is 19.1 Å². The van der Waals surface area contributed by atoms with E-state index >= 15 is 0 Å². The summed E-state index contributed by atoms with van der Waals surface area (Å²) in [7, 11) is 0. The molecule has 3 aromatic rings. The zero-order valence-electron chi connectivity index (χ0n) is 15.8. The zero-order chi connectivity index (χ0) is 21.0. The summed E-state index contributed by atoms with van der Waals surface area (Å²) in [6, 6.07) is 11.9. The Morgan fingerprint density at radius 2 is 1.93 bits per heavy atom. The lowest BCUT2D eigenvalue weighted by molar-refractivity contribution is -0.137. The number of hydrogen-bond donors (Lipinski definition) is 1. The number of carbonyl (C=O) groups is 1. The summed E-state index contributed by atoms with van der Waals surface area (Å²) in [5.41, 5.74) is 1.20. The number of hydrogen-bond acceptors (Lipinski definition) is 4. The van der Waals surface area contributed by atoms with Crippen LogP contribution in [0, 0.1) is 6.92 Å². The number of aryl methyl sites for hydroxylation is 2. The Morgan fingerprint density at radius 1 is 1.17 bits per heavy atom. The fourth-order valence-corrected chi connectivity index (χ4v) is 2.79. The van der Waals surface area contributed by atoms with Gasteiger partial charge in [0.05, 0.1) is 11.1 Å². The van der Waals surface area contributed by atoms with E-state index in [9.17, 15) is 18.0 Å². The van der Waals surface area contributed by atoms with E-state index in [2.05, 4.69) is 10.5 Å². The van der Waals surface area contributed by atoms with Gasteiger partial charge in [0.25, 0.3) is 5.91 Å². The van der Waals surface area contributed by atoms with Crippen molar-refractivity contribution in [1.29, 1.82) is 0 Å². The summed E-state index contributed by atoms with van der Waals surface area (Å²) in [4.78, 5) is 12.7. The van der Waals surface area contributed by atoms with Crippen LogP contribution in [0.15, 0.2) is 53.1 Å². The first-order chi connectivity index (χ1) is 13.8. The van der Waals surface area contributed by atoms with Crippen LogP contribution in [0.2, 0.25) is 0 Å². The molecule has 2 aromatic carbocycles. The molecule has 5 nitrogen and oxygen atoms in total. The van der Waals surface area contributed by atoms with Crippen molar-refractivity contribution in [3.05, 3.63) is 76.7 Å². The van der Waals surface area contributed by atoms with Gasteiger partial charge in [-0.1, -0.05) is 36.3 Å². The van der Waals surface area contributed by atoms with E-state index in [0.717, 1.165) is 24.1 Å². The minimum absolute atomic E-state index is 0.0281. The van der Waals surface area contributed by atoms with Gasteiger partial charge in [0, 0.05) is 5.69 Å². The van der Waals surface area contributed by atoms with Crippen molar-refractivity contribution in [2.45, 2.75) is 33.1 Å². The number of carbonyl (C=O) groups excluding carboxylic acids is 1. The molecule has 0 saturated heterocycles. The molecule has 0 radical (unpaired) electrons. The fourth-order valence-electron chi connectivity index (χ4n) is 2.79. The Kier molecular flexibility index (Phi) is 5.91. The monoisotopic (exact) mass is 404 g/mol. The van der Waals surface area contributed by atoms with Crippen LogP contribution in [-0.2, 0) is 19.2 Å². The molecular formula is C21H19F3N2O3. The molecule has 0 saturated carbocycles. The Morgan fingerprint density at radius 3 is 2.66 bits per heavy atom. The van der Waals surface area contributed by atoms with Gasteiger partial charge in [-0.15, -0.1) is 0 Å². The first-order valence-electron chi connectivity index (χ1n) is 8.94. The van der Waals surface area contributed by atoms with Gasteiger partial charge in [0.2, 0.25) is 0 Å². The largest absolute Gasteiger partial charge is 0.489 e. The Labute approximate surface area is 165 Å². The van der Waals surface area contributed by atoms with Crippen LogP contribution in [0.4, 0.5) is 18.9 Å². The number of nitrogens with zero attached hydrogens (tertiary/aromatic N) is 1. The fraction of sp³-hybridized carbons (Fsp3) is 0.238. The number of rotatable bonds is 6. The summed E-state index contributed by atoms with van der Waals surface area (Å²) in [6.45, 7) is 3.42. The van der Waals surface area contributed by atoms with Crippen molar-refractivity contribution in [3.63, 3.8) is 0 Å². The molecule has 1 N–H and O–H groups in total. The van der Waals surface area contributed by atoms with Gasteiger partial charge in [0.15, 0.2) is 5.69 Å². The maximum atomic E-state index is 12.9. The van der Waals surface area contributed by atoms with Crippen LogP contribution >= 0.6 is 0 Å². The molecule has 0 atom stereocenters. The highest BCUT2D eigenvalue weighted by molar-refractivity contribution is 6.04. The standard InChI is InChI=1S/C21H19F3N2O3/c1-3-14-7-4-5-10-18(14)25-20(27)19-17(13(2)29-26-19)12-28-16-9-6-8-15(11-16)21(22,23)24/h4-11H,3,12H2,1-2H3,(H,25,27). The first kappa shape index (κ1) is 20.4. The van der Waals surface area contributed by atoms with Crippen LogP contribution in [-0.4, -0.2) is 11.1 Å². The average Bonchev–Trinajstić information content (AvgIpc) is 3.07. The van der Waals surface area contributed by atoms with Crippen LogP contribution in [0.25, 0.3) is 0 Å². The van der Waals surface area contributed by atoms with Gasteiger partial charge >= 0.3 is 6.18 Å². The van der Waals surface area contributed by atoms with Gasteiger partial charge in [0.1, 0.15) is 18.1 Å². The number of aromatic nitrogens is 1. The molecule has 0 fully saturated rings. The normalized spacial score (nSPS) is 11.3. The van der Waals surface area contributed by atoms with Gasteiger partial charge in [-0.25, -0.2) is 0 Å². The lowest BCUT2D eigenvalue weighted by Crippen LogP contribution is -2.16. The first-order valence-corrected chi connectivity index (χ1v) is 8.94. The highest BCUT2D eigenvalue weighted by Gasteiger charge is 2.30. The predicted octanol–water partition coefficient (Wildman–Crippen LogP) is 5.40. The van der Waals surface area contributed by atoms with Crippen LogP contribution in [0.1, 0.15) is 39.9 Å². The highest BCUT2D eigenvalue weighted by Crippen LogP contribution is 2.31. The van der Waals surface area contributed by atoms with Crippen molar-refractivity contribution < 1.29 is 27.2 Å². The third-order valence-electron chi connectivity index (χ3n) is 4.39. The minimum Gasteiger partial charge on any atom is -0.489 e. The molecule has 0 aliphatic carbocycles. The van der Waals surface area contributed by atoms with Crippen molar-refractivity contribution in [2.75, 3.05) is 5.32 Å². The molecule has 152 valence electrons. The lowest BCUT2D eigenvalue weighted by atomic mass is 10.1. The molecule has 1 amide bonds. The molecule has 0 spiro atoms. The van der Waals surface area contributed by atoms with Crippen molar-refractivity contribution >= 4 is 11.6 Å². The molecule has 1 heterocycles. The molecule has 0 aliphatic heterocycles. The third kappa shape index (κ3) is 4.77. The Bertz CT molecular complexity index is 1010. The van der Waals surface area contributed by atoms with Gasteiger partial charge in [-0.05, 0) is 43.2 Å². The van der Waals surface area contributed by atoms with E-state index in [-0.39, 0.29) is 18.1 Å². The molecular weight excluding hydrogens is 385 g/mol. The van der Waals surface area contributed by atoms with E-state index in [4.69, 9.17) is 9.26 Å². The summed E-state index contributed by atoms with van der Waals surface area (Å²) in [5, 5.41) is 6.58. The van der Waals surface area contributed by atoms with Crippen molar-refractivity contribution in [2.24, 2.45) is 0 Å². The quantitative estimate of drug-likeness (QED) is 0.598. The average molecular weight is 404 g/mol. The van der Waals surface area contributed by atoms with Gasteiger partial charge in [-0.2, -0.15) is 13.2 Å². The SMILES string of the molecule is CCc1ccccc1NC(=O)c1noc(C)c1COc1cccc(C(F)(F)F)c1. The van der Waals surface area contributed by atoms with Gasteiger partial charge in [-0.3, -0.25) is 4.79 Å². The second-order valence-electron chi connectivity index (χ2n) is 6.35. The van der Waals surface area contributed by atoms with E-state index in [0.29, 0.717) is 17.0 Å². The number of para-hydroxylation sites is 1. The number of ether oxygens (including phenoxy) is 1. The molecule has 29 heavy (non-hydrogen) atoms. The predicted molar refractivity (Wildman–Crippen MR) is 101 cm³/mol. The molecule has 0 bridgehead atoms. The molecule has 0 aliphatic rings. The number of anilines is 1. The van der Waals surface area contributed by atoms with Crippen LogP contribution < -0.4 is 10.1 Å². The molecule has 8 heteroatoms. The molecule has 3 rings (SSSR count). The van der Waals surface area contributed by atoms with E-state index in [1.54, 1.807) is 19.1 Å². The smallest absolute Gasteiger partial charge is 0.416 e. The molecule has 1 aromatic heterocycles. The number of nitrogens with one attached hydrogen (secondary N) is 1. The van der Waals surface area contributed by atoms with E-state index in [1.165, 1.54) is 12.1 Å². The van der Waals surface area contributed by atoms with Crippen LogP contribution in [0.3, 0.4) is 0 Å². The summed E-state index contributed by atoms with van der Waals surface area (Å²) >= 11 is 0. The number of alkyl halides is 3. The number of benzene rings is 2. The van der Waals surface area contributed by atoms with Crippen molar-refractivity contribution in [3.8, 4) is 5.75 Å². The topological polar surface area (TPSA) is 64.4 Å². The van der Waals surface area contributed by atoms with E-state index < -0.39 is 17.6 Å². The zero-order valence-corrected chi connectivity index (χ0v) is 15.8. The molecule has 0 unspecified atom stereocenters. The third-order valence-corrected chi connectivity index (χ3v) is 4.39. The van der Waals surface area contributed by atoms with Crippen molar-refractivity contribution in [1.82, 2.24) is 5.16 Å². The van der Waals surface area contributed by atoms with Crippen LogP contribution in [0.5, 0.6) is 5.75 Å². The van der Waals surface area contributed by atoms with Gasteiger partial charge < -0.3 is 14.6 Å². The maximum absolute atomic E-state index is 12.9. The maximum Gasteiger partial charge on any atom is 0.416 e. The number of halogens is 3. The number of amides is 1. The minimum atomic E-state index is -4.47.